The molecule has 0 aliphatic rings. The van der Waals surface area contributed by atoms with E-state index in [-0.39, 0.29) is 6.10 Å². The van der Waals surface area contributed by atoms with E-state index in [1.807, 2.05) is 18.4 Å². The van der Waals surface area contributed by atoms with Crippen molar-refractivity contribution in [3.05, 3.63) is 21.3 Å². The normalized spacial score (nSPS) is 13.4. The summed E-state index contributed by atoms with van der Waals surface area (Å²) in [6.07, 6.45) is 1.61. The molecule has 0 fully saturated rings. The van der Waals surface area contributed by atoms with Gasteiger partial charge in [-0.1, -0.05) is 11.6 Å². The molecule has 0 aliphatic carbocycles. The van der Waals surface area contributed by atoms with E-state index in [0.717, 1.165) is 15.0 Å². The van der Waals surface area contributed by atoms with Gasteiger partial charge in [-0.3, -0.25) is 0 Å². The molecule has 1 aromatic heterocycles. The van der Waals surface area contributed by atoms with Crippen LogP contribution in [-0.4, -0.2) is 17.1 Å². The second-order valence-corrected chi connectivity index (χ2v) is 4.77. The molecule has 0 aromatic carbocycles. The average Bonchev–Trinajstić information content (AvgIpc) is 2.36. The molecule has 0 bridgehead atoms. The summed E-state index contributed by atoms with van der Waals surface area (Å²) < 4.78 is 0.736. The molecular weight excluding hydrogens is 200 g/mol. The van der Waals surface area contributed by atoms with E-state index in [4.69, 9.17) is 11.6 Å². The summed E-state index contributed by atoms with van der Waals surface area (Å²) in [6.45, 7) is 0. The maximum Gasteiger partial charge on any atom is 0.0972 e. The molecule has 11 heavy (non-hydrogen) atoms. The monoisotopic (exact) mass is 208 g/mol. The molecular formula is C7H9ClOS2. The molecule has 1 aromatic rings. The molecule has 62 valence electrons. The van der Waals surface area contributed by atoms with Crippen molar-refractivity contribution in [1.82, 2.24) is 0 Å². The third kappa shape index (κ3) is 2.67. The zero-order chi connectivity index (χ0) is 8.27. The molecule has 1 nitrogen and oxygen atoms in total. The lowest BCUT2D eigenvalue weighted by atomic mass is 10.3. The lowest BCUT2D eigenvalue weighted by molar-refractivity contribution is 0.208. The first kappa shape index (κ1) is 9.39. The van der Waals surface area contributed by atoms with Gasteiger partial charge in [0, 0.05) is 10.6 Å². The number of aliphatic hydroxyl groups is 1. The predicted molar refractivity (Wildman–Crippen MR) is 52.7 cm³/mol. The van der Waals surface area contributed by atoms with Crippen LogP contribution in [-0.2, 0) is 0 Å². The van der Waals surface area contributed by atoms with Crippen LogP contribution in [0.3, 0.4) is 0 Å². The number of thioether (sulfide) groups is 1. The van der Waals surface area contributed by atoms with Crippen LogP contribution in [0, 0.1) is 0 Å². The molecule has 0 radical (unpaired) electrons. The fourth-order valence-corrected chi connectivity index (χ4v) is 2.40. The van der Waals surface area contributed by atoms with Crippen molar-refractivity contribution in [1.29, 1.82) is 0 Å². The largest absolute Gasteiger partial charge is 0.387 e. The van der Waals surface area contributed by atoms with Crippen LogP contribution in [0.5, 0.6) is 0 Å². The van der Waals surface area contributed by atoms with Gasteiger partial charge in [0.15, 0.2) is 0 Å². The summed E-state index contributed by atoms with van der Waals surface area (Å²) in [5.41, 5.74) is 0. The molecule has 1 atom stereocenters. The Kier molecular flexibility index (Phi) is 3.72. The Morgan fingerprint density at radius 3 is 2.91 bits per heavy atom. The number of hydrogen-bond acceptors (Lipinski definition) is 3. The fourth-order valence-electron chi connectivity index (χ4n) is 0.747. The SMILES string of the molecule is CSCC(O)c1ccc(Cl)s1. The first-order chi connectivity index (χ1) is 5.24. The first-order valence-electron chi connectivity index (χ1n) is 3.16. The molecule has 1 unspecified atom stereocenters. The fraction of sp³-hybridized carbons (Fsp3) is 0.429. The van der Waals surface area contributed by atoms with E-state index in [0.29, 0.717) is 0 Å². The molecule has 0 aliphatic heterocycles. The Labute approximate surface area is 79.4 Å². The lowest BCUT2D eigenvalue weighted by Crippen LogP contribution is -1.96. The van der Waals surface area contributed by atoms with E-state index in [9.17, 15) is 5.11 Å². The van der Waals surface area contributed by atoms with E-state index in [2.05, 4.69) is 0 Å². The van der Waals surface area contributed by atoms with Crippen LogP contribution < -0.4 is 0 Å². The number of halogens is 1. The third-order valence-electron chi connectivity index (χ3n) is 1.25. The second kappa shape index (κ2) is 4.36. The van der Waals surface area contributed by atoms with E-state index >= 15 is 0 Å². The van der Waals surface area contributed by atoms with Gasteiger partial charge < -0.3 is 5.11 Å². The van der Waals surface area contributed by atoms with Gasteiger partial charge in [-0.25, -0.2) is 0 Å². The molecule has 0 spiro atoms. The van der Waals surface area contributed by atoms with Gasteiger partial charge in [0.2, 0.25) is 0 Å². The Morgan fingerprint density at radius 1 is 1.73 bits per heavy atom. The second-order valence-electron chi connectivity index (χ2n) is 2.11. The van der Waals surface area contributed by atoms with Gasteiger partial charge in [-0.05, 0) is 18.4 Å². The summed E-state index contributed by atoms with van der Waals surface area (Å²) in [5, 5.41) is 9.46. The quantitative estimate of drug-likeness (QED) is 0.825. The molecule has 0 saturated heterocycles. The number of aliphatic hydroxyl groups excluding tert-OH is 1. The Balaban J connectivity index is 2.60. The van der Waals surface area contributed by atoms with Crippen molar-refractivity contribution >= 4 is 34.7 Å². The predicted octanol–water partition coefficient (Wildman–Crippen LogP) is 2.80. The first-order valence-corrected chi connectivity index (χ1v) is 5.75. The minimum Gasteiger partial charge on any atom is -0.387 e. The maximum absolute atomic E-state index is 9.46. The van der Waals surface area contributed by atoms with Gasteiger partial charge in [-0.2, -0.15) is 11.8 Å². The van der Waals surface area contributed by atoms with Crippen molar-refractivity contribution in [2.45, 2.75) is 6.10 Å². The zero-order valence-electron chi connectivity index (χ0n) is 6.08. The Hall–Kier alpha value is 0.300. The Bertz CT molecular complexity index is 224. The molecule has 0 saturated carbocycles. The van der Waals surface area contributed by atoms with Crippen molar-refractivity contribution in [2.24, 2.45) is 0 Å². The van der Waals surface area contributed by atoms with Crippen LogP contribution in [0.4, 0.5) is 0 Å². The highest BCUT2D eigenvalue weighted by atomic mass is 35.5. The van der Waals surface area contributed by atoms with Crippen LogP contribution in [0.1, 0.15) is 11.0 Å². The van der Waals surface area contributed by atoms with E-state index in [1.54, 1.807) is 11.8 Å². The van der Waals surface area contributed by atoms with Crippen molar-refractivity contribution < 1.29 is 5.11 Å². The number of hydrogen-bond donors (Lipinski definition) is 1. The van der Waals surface area contributed by atoms with Crippen LogP contribution in [0.15, 0.2) is 12.1 Å². The van der Waals surface area contributed by atoms with E-state index < -0.39 is 0 Å². The Morgan fingerprint density at radius 2 is 2.45 bits per heavy atom. The number of thiophene rings is 1. The number of rotatable bonds is 3. The van der Waals surface area contributed by atoms with Crippen molar-refractivity contribution in [3.8, 4) is 0 Å². The summed E-state index contributed by atoms with van der Waals surface area (Å²) in [6, 6.07) is 3.68. The highest BCUT2D eigenvalue weighted by Crippen LogP contribution is 2.28. The third-order valence-corrected chi connectivity index (χ3v) is 3.23. The van der Waals surface area contributed by atoms with Gasteiger partial charge in [0.1, 0.15) is 0 Å². The molecule has 0 amide bonds. The average molecular weight is 209 g/mol. The van der Waals surface area contributed by atoms with Crippen molar-refractivity contribution in [3.63, 3.8) is 0 Å². The lowest BCUT2D eigenvalue weighted by Gasteiger charge is -2.04. The van der Waals surface area contributed by atoms with Gasteiger partial charge >= 0.3 is 0 Å². The van der Waals surface area contributed by atoms with Gasteiger partial charge in [-0.15, -0.1) is 11.3 Å². The van der Waals surface area contributed by atoms with E-state index in [1.165, 1.54) is 11.3 Å². The highest BCUT2D eigenvalue weighted by Gasteiger charge is 2.08. The summed E-state index contributed by atoms with van der Waals surface area (Å²) in [4.78, 5) is 0.948. The van der Waals surface area contributed by atoms with Crippen LogP contribution in [0.2, 0.25) is 4.34 Å². The smallest absolute Gasteiger partial charge is 0.0972 e. The highest BCUT2D eigenvalue weighted by molar-refractivity contribution is 7.98. The summed E-state index contributed by atoms with van der Waals surface area (Å²) in [5.74, 6) is 0.733. The zero-order valence-corrected chi connectivity index (χ0v) is 8.47. The standard InChI is InChI=1S/C7H9ClOS2/c1-10-4-5(9)6-2-3-7(8)11-6/h2-3,5,9H,4H2,1H3. The van der Waals surface area contributed by atoms with Gasteiger partial charge in [0.25, 0.3) is 0 Å². The molecule has 4 heteroatoms. The minimum absolute atomic E-state index is 0.359. The summed E-state index contributed by atoms with van der Waals surface area (Å²) in [7, 11) is 0. The maximum atomic E-state index is 9.46. The molecule has 1 rings (SSSR count). The molecule has 1 heterocycles. The minimum atomic E-state index is -0.359. The van der Waals surface area contributed by atoms with Crippen LogP contribution in [0.25, 0.3) is 0 Å². The molecule has 1 N–H and O–H groups in total. The van der Waals surface area contributed by atoms with Gasteiger partial charge in [0.05, 0.1) is 10.4 Å². The summed E-state index contributed by atoms with van der Waals surface area (Å²) >= 11 is 8.77. The van der Waals surface area contributed by atoms with Crippen molar-refractivity contribution in [2.75, 3.05) is 12.0 Å². The van der Waals surface area contributed by atoms with Crippen LogP contribution >= 0.6 is 34.7 Å². The topological polar surface area (TPSA) is 20.2 Å².